The van der Waals surface area contributed by atoms with Crippen molar-refractivity contribution < 1.29 is 19.4 Å². The number of rotatable bonds is 5. The Bertz CT molecular complexity index is 708. The van der Waals surface area contributed by atoms with Gasteiger partial charge in [0.05, 0.1) is 5.56 Å². The summed E-state index contributed by atoms with van der Waals surface area (Å²) in [6.45, 7) is 1.21. The second-order valence-electron chi connectivity index (χ2n) is 5.58. The van der Waals surface area contributed by atoms with Crippen molar-refractivity contribution in [1.82, 2.24) is 25.5 Å². The van der Waals surface area contributed by atoms with Crippen LogP contribution in [0.25, 0.3) is 0 Å². The molecule has 0 unspecified atom stereocenters. The van der Waals surface area contributed by atoms with Crippen molar-refractivity contribution in [2.45, 2.75) is 24.9 Å². The van der Waals surface area contributed by atoms with E-state index in [2.05, 4.69) is 20.8 Å². The predicted octanol–water partition coefficient (Wildman–Crippen LogP) is 0.193. The molecule has 2 heterocycles. The van der Waals surface area contributed by atoms with Crippen molar-refractivity contribution in [1.29, 1.82) is 0 Å². The molecule has 0 atom stereocenters. The second-order valence-corrected chi connectivity index (χ2v) is 5.58. The Morgan fingerprint density at radius 2 is 1.96 bits per heavy atom. The quantitative estimate of drug-likeness (QED) is 0.802. The van der Waals surface area contributed by atoms with Gasteiger partial charge in [0, 0.05) is 32.6 Å². The van der Waals surface area contributed by atoms with E-state index in [1.165, 1.54) is 23.1 Å². The number of aromatic nitrogens is 4. The molecule has 1 aliphatic heterocycles. The largest absolute Gasteiger partial charge is 0.478 e. The Labute approximate surface area is 137 Å². The highest BCUT2D eigenvalue weighted by molar-refractivity contribution is 5.87. The summed E-state index contributed by atoms with van der Waals surface area (Å²) in [7, 11) is 0. The van der Waals surface area contributed by atoms with Crippen LogP contribution in [0.1, 0.15) is 28.8 Å². The highest BCUT2D eigenvalue weighted by Gasteiger charge is 2.43. The van der Waals surface area contributed by atoms with Gasteiger partial charge in [0.15, 0.2) is 0 Å². The van der Waals surface area contributed by atoms with E-state index in [0.29, 0.717) is 32.6 Å². The van der Waals surface area contributed by atoms with Gasteiger partial charge in [-0.3, -0.25) is 4.79 Å². The molecule has 24 heavy (non-hydrogen) atoms. The molecule has 2 N–H and O–H groups in total. The molecule has 1 amide bonds. The number of aromatic carboxylic acids is 1. The number of carbonyl (C=O) groups excluding carboxylic acids is 1. The smallest absolute Gasteiger partial charge is 0.335 e. The van der Waals surface area contributed by atoms with Crippen LogP contribution < -0.4 is 5.32 Å². The zero-order valence-electron chi connectivity index (χ0n) is 12.9. The molecule has 1 aliphatic rings. The number of carboxylic acid groups (broad SMARTS) is 1. The van der Waals surface area contributed by atoms with Crippen LogP contribution >= 0.6 is 0 Å². The number of carbonyl (C=O) groups is 2. The summed E-state index contributed by atoms with van der Waals surface area (Å²) in [5.41, 5.74) is 0.162. The van der Waals surface area contributed by atoms with Crippen LogP contribution in [0.4, 0.5) is 0 Å². The van der Waals surface area contributed by atoms with Gasteiger partial charge in [0.1, 0.15) is 11.9 Å². The van der Waals surface area contributed by atoms with Gasteiger partial charge in [-0.2, -0.15) is 0 Å². The Balaban J connectivity index is 1.71. The van der Waals surface area contributed by atoms with Gasteiger partial charge < -0.3 is 15.2 Å². The molecule has 1 fully saturated rings. The van der Waals surface area contributed by atoms with Crippen molar-refractivity contribution in [2.24, 2.45) is 0 Å². The number of ether oxygens (including phenoxy) is 1. The fourth-order valence-corrected chi connectivity index (χ4v) is 2.74. The molecular formula is C15H17N5O4. The minimum Gasteiger partial charge on any atom is -0.478 e. The van der Waals surface area contributed by atoms with E-state index in [4.69, 9.17) is 9.84 Å². The number of amides is 1. The molecule has 0 saturated carbocycles. The molecule has 0 bridgehead atoms. The lowest BCUT2D eigenvalue weighted by Crippen LogP contribution is -2.52. The maximum absolute atomic E-state index is 12.8. The molecule has 9 heteroatoms. The molecule has 1 aromatic carbocycles. The number of carboxylic acids is 1. The van der Waals surface area contributed by atoms with Crippen LogP contribution in [0.2, 0.25) is 0 Å². The van der Waals surface area contributed by atoms with Crippen LogP contribution in [0.15, 0.2) is 30.6 Å². The van der Waals surface area contributed by atoms with Gasteiger partial charge >= 0.3 is 5.97 Å². The van der Waals surface area contributed by atoms with E-state index in [0.717, 1.165) is 5.56 Å². The summed E-state index contributed by atoms with van der Waals surface area (Å²) < 4.78 is 6.84. The number of nitrogens with zero attached hydrogens (tertiary/aromatic N) is 4. The Morgan fingerprint density at radius 1 is 1.25 bits per heavy atom. The molecule has 1 saturated heterocycles. The lowest BCUT2D eigenvalue weighted by Gasteiger charge is -2.34. The Hall–Kier alpha value is -2.81. The summed E-state index contributed by atoms with van der Waals surface area (Å²) in [4.78, 5) is 23.6. The summed E-state index contributed by atoms with van der Waals surface area (Å²) in [6, 6.07) is 6.37. The zero-order chi connectivity index (χ0) is 17.0. The summed E-state index contributed by atoms with van der Waals surface area (Å²) in [6.07, 6.45) is 2.41. The van der Waals surface area contributed by atoms with Gasteiger partial charge in [-0.1, -0.05) is 12.1 Å². The molecular weight excluding hydrogens is 314 g/mol. The molecule has 0 radical (unpaired) electrons. The lowest BCUT2D eigenvalue weighted by molar-refractivity contribution is -0.136. The fraction of sp³-hybridized carbons (Fsp3) is 0.400. The first-order chi connectivity index (χ1) is 11.6. The first-order valence-electron chi connectivity index (χ1n) is 7.53. The average molecular weight is 331 g/mol. The van der Waals surface area contributed by atoms with Crippen molar-refractivity contribution in [3.05, 3.63) is 41.7 Å². The fourth-order valence-electron chi connectivity index (χ4n) is 2.74. The molecule has 9 nitrogen and oxygen atoms in total. The van der Waals surface area contributed by atoms with Gasteiger partial charge in [-0.05, 0) is 28.1 Å². The monoisotopic (exact) mass is 331 g/mol. The van der Waals surface area contributed by atoms with Crippen LogP contribution in [-0.4, -0.2) is 50.4 Å². The van der Waals surface area contributed by atoms with E-state index in [1.807, 2.05) is 0 Å². The summed E-state index contributed by atoms with van der Waals surface area (Å²) in [5.74, 6) is -1.16. The van der Waals surface area contributed by atoms with E-state index in [-0.39, 0.29) is 11.5 Å². The van der Waals surface area contributed by atoms with Gasteiger partial charge in [-0.25, -0.2) is 9.48 Å². The van der Waals surface area contributed by atoms with Crippen LogP contribution in [-0.2, 0) is 21.6 Å². The number of tetrazole rings is 1. The highest BCUT2D eigenvalue weighted by Crippen LogP contribution is 2.28. The van der Waals surface area contributed by atoms with Gasteiger partial charge in [0.2, 0.25) is 5.91 Å². The summed E-state index contributed by atoms with van der Waals surface area (Å²) in [5, 5.41) is 22.9. The maximum atomic E-state index is 12.8. The van der Waals surface area contributed by atoms with Crippen LogP contribution in [0.3, 0.4) is 0 Å². The molecule has 0 spiro atoms. The Kier molecular flexibility index (Phi) is 4.52. The third-order valence-electron chi connectivity index (χ3n) is 4.18. The van der Waals surface area contributed by atoms with E-state index < -0.39 is 11.5 Å². The van der Waals surface area contributed by atoms with E-state index in [1.54, 1.807) is 12.1 Å². The maximum Gasteiger partial charge on any atom is 0.335 e. The van der Waals surface area contributed by atoms with Gasteiger partial charge in [-0.15, -0.1) is 5.10 Å². The van der Waals surface area contributed by atoms with E-state index >= 15 is 0 Å². The van der Waals surface area contributed by atoms with Gasteiger partial charge in [0.25, 0.3) is 0 Å². The van der Waals surface area contributed by atoms with Crippen molar-refractivity contribution in [2.75, 3.05) is 13.2 Å². The topological polar surface area (TPSA) is 119 Å². The molecule has 1 aromatic heterocycles. The number of hydrogen-bond donors (Lipinski definition) is 2. The normalized spacial score (nSPS) is 16.5. The number of hydrogen-bond acceptors (Lipinski definition) is 6. The summed E-state index contributed by atoms with van der Waals surface area (Å²) >= 11 is 0. The highest BCUT2D eigenvalue weighted by atomic mass is 16.5. The van der Waals surface area contributed by atoms with Crippen molar-refractivity contribution in [3.8, 4) is 0 Å². The van der Waals surface area contributed by atoms with Crippen molar-refractivity contribution >= 4 is 11.9 Å². The first kappa shape index (κ1) is 16.1. The first-order valence-corrected chi connectivity index (χ1v) is 7.53. The standard InChI is InChI=1S/C15H17N5O4/c21-13(22)12-3-1-11(2-4-12)9-16-14(23)15(5-7-24-8-6-15)20-10-17-18-19-20/h1-4,10H,5-9H2,(H,16,23)(H,21,22). The molecule has 2 aromatic rings. The minimum atomic E-state index is -0.981. The SMILES string of the molecule is O=C(O)c1ccc(CNC(=O)C2(n3cnnn3)CCOCC2)cc1. The predicted molar refractivity (Wildman–Crippen MR) is 81.1 cm³/mol. The zero-order valence-corrected chi connectivity index (χ0v) is 12.9. The van der Waals surface area contributed by atoms with Crippen molar-refractivity contribution in [3.63, 3.8) is 0 Å². The minimum absolute atomic E-state index is 0.180. The number of nitrogens with one attached hydrogen (secondary N) is 1. The Morgan fingerprint density at radius 3 is 2.54 bits per heavy atom. The lowest BCUT2D eigenvalue weighted by atomic mass is 9.89. The molecule has 0 aliphatic carbocycles. The third-order valence-corrected chi connectivity index (χ3v) is 4.18. The van der Waals surface area contributed by atoms with E-state index in [9.17, 15) is 9.59 Å². The average Bonchev–Trinajstić information content (AvgIpc) is 3.15. The molecule has 126 valence electrons. The molecule has 3 rings (SSSR count). The van der Waals surface area contributed by atoms with Crippen LogP contribution in [0, 0.1) is 0 Å². The number of benzene rings is 1. The third kappa shape index (κ3) is 3.11. The second kappa shape index (κ2) is 6.75. The van der Waals surface area contributed by atoms with Crippen LogP contribution in [0.5, 0.6) is 0 Å².